The van der Waals surface area contributed by atoms with Crippen LogP contribution < -0.4 is 5.73 Å². The molecule has 3 heteroatoms. The number of hydrogen-bond acceptors (Lipinski definition) is 2. The molecule has 0 fully saturated rings. The molecule has 1 aliphatic rings. The van der Waals surface area contributed by atoms with Gasteiger partial charge in [0.25, 0.3) is 0 Å². The Morgan fingerprint density at radius 3 is 2.72 bits per heavy atom. The Hall–Kier alpha value is -0.730. The zero-order valence-electron chi connectivity index (χ0n) is 10.8. The molecule has 0 atom stereocenters. The number of benzene rings is 1. The zero-order valence-corrected chi connectivity index (χ0v) is 11.6. The van der Waals surface area contributed by atoms with Gasteiger partial charge < -0.3 is 10.8 Å². The molecule has 0 aliphatic heterocycles. The Labute approximate surface area is 114 Å². The number of rotatable bonds is 4. The van der Waals surface area contributed by atoms with Gasteiger partial charge in [-0.05, 0) is 74.2 Å². The SMILES string of the molecule is NCCCCc1c(O)c(Cl)cc2c1CCCCC2. The highest BCUT2D eigenvalue weighted by molar-refractivity contribution is 6.32. The predicted molar refractivity (Wildman–Crippen MR) is 76.4 cm³/mol. The number of fused-ring (bicyclic) bond motifs is 1. The lowest BCUT2D eigenvalue weighted by Crippen LogP contribution is -2.03. The van der Waals surface area contributed by atoms with Crippen LogP contribution in [0.3, 0.4) is 0 Å². The monoisotopic (exact) mass is 267 g/mol. The topological polar surface area (TPSA) is 46.2 Å². The molecule has 0 unspecified atom stereocenters. The van der Waals surface area contributed by atoms with E-state index in [-0.39, 0.29) is 0 Å². The van der Waals surface area contributed by atoms with E-state index in [9.17, 15) is 5.11 Å². The van der Waals surface area contributed by atoms with E-state index in [1.54, 1.807) is 0 Å². The van der Waals surface area contributed by atoms with Crippen LogP contribution in [0, 0.1) is 0 Å². The van der Waals surface area contributed by atoms with Crippen molar-refractivity contribution < 1.29 is 5.11 Å². The molecule has 0 saturated carbocycles. The van der Waals surface area contributed by atoms with Crippen LogP contribution in [0.5, 0.6) is 5.75 Å². The zero-order chi connectivity index (χ0) is 13.0. The summed E-state index contributed by atoms with van der Waals surface area (Å²) >= 11 is 6.14. The molecule has 3 N–H and O–H groups in total. The standard InChI is InChI=1S/C15H22ClNO/c16-14-10-11-6-2-1-3-7-12(11)13(15(14)18)8-4-5-9-17/h10,18H,1-9,17H2. The molecule has 0 bridgehead atoms. The van der Waals surface area contributed by atoms with Crippen LogP contribution in [0.25, 0.3) is 0 Å². The summed E-state index contributed by atoms with van der Waals surface area (Å²) in [5, 5.41) is 10.7. The predicted octanol–water partition coefficient (Wildman–Crippen LogP) is 3.60. The third kappa shape index (κ3) is 2.99. The van der Waals surface area contributed by atoms with Crippen molar-refractivity contribution in [3.8, 4) is 5.75 Å². The van der Waals surface area contributed by atoms with Crippen molar-refractivity contribution in [2.24, 2.45) is 5.73 Å². The fourth-order valence-corrected chi connectivity index (χ4v) is 3.08. The minimum atomic E-state index is 0.300. The molecule has 0 heterocycles. The van der Waals surface area contributed by atoms with Crippen molar-refractivity contribution in [3.05, 3.63) is 27.8 Å². The Morgan fingerprint density at radius 2 is 1.94 bits per heavy atom. The first-order valence-corrected chi connectivity index (χ1v) is 7.34. The minimum absolute atomic E-state index is 0.300. The van der Waals surface area contributed by atoms with E-state index in [4.69, 9.17) is 17.3 Å². The van der Waals surface area contributed by atoms with Gasteiger partial charge in [-0.15, -0.1) is 0 Å². The van der Waals surface area contributed by atoms with Crippen LogP contribution in [-0.2, 0) is 19.3 Å². The number of aryl methyl sites for hydroxylation is 1. The van der Waals surface area contributed by atoms with Gasteiger partial charge in [-0.25, -0.2) is 0 Å². The van der Waals surface area contributed by atoms with E-state index in [0.717, 1.165) is 37.7 Å². The molecule has 0 radical (unpaired) electrons. The van der Waals surface area contributed by atoms with Gasteiger partial charge in [0.05, 0.1) is 5.02 Å². The smallest absolute Gasteiger partial charge is 0.137 e. The number of aromatic hydroxyl groups is 1. The van der Waals surface area contributed by atoms with Gasteiger partial charge in [-0.2, -0.15) is 0 Å². The van der Waals surface area contributed by atoms with Crippen LogP contribution in [0.2, 0.25) is 5.02 Å². The molecule has 2 rings (SSSR count). The van der Waals surface area contributed by atoms with Gasteiger partial charge in [0.2, 0.25) is 0 Å². The highest BCUT2D eigenvalue weighted by Crippen LogP contribution is 2.36. The molecule has 0 saturated heterocycles. The van der Waals surface area contributed by atoms with Crippen LogP contribution in [0.1, 0.15) is 48.8 Å². The highest BCUT2D eigenvalue weighted by Gasteiger charge is 2.17. The summed E-state index contributed by atoms with van der Waals surface area (Å²) in [7, 11) is 0. The molecule has 2 nitrogen and oxygen atoms in total. The molecule has 1 aromatic carbocycles. The number of unbranched alkanes of at least 4 members (excludes halogenated alkanes) is 1. The van der Waals surface area contributed by atoms with Gasteiger partial charge in [-0.1, -0.05) is 18.0 Å². The summed E-state index contributed by atoms with van der Waals surface area (Å²) in [5.74, 6) is 0.300. The van der Waals surface area contributed by atoms with Crippen molar-refractivity contribution >= 4 is 11.6 Å². The second-order valence-corrected chi connectivity index (χ2v) is 5.54. The van der Waals surface area contributed by atoms with Crippen molar-refractivity contribution in [2.75, 3.05) is 6.54 Å². The van der Waals surface area contributed by atoms with E-state index in [1.165, 1.54) is 30.4 Å². The number of hydrogen-bond donors (Lipinski definition) is 2. The van der Waals surface area contributed by atoms with E-state index in [1.807, 2.05) is 6.07 Å². The average molecular weight is 268 g/mol. The van der Waals surface area contributed by atoms with Crippen LogP contribution in [0.15, 0.2) is 6.07 Å². The fraction of sp³-hybridized carbons (Fsp3) is 0.600. The first-order chi connectivity index (χ1) is 8.74. The maximum absolute atomic E-state index is 10.2. The summed E-state index contributed by atoms with van der Waals surface area (Å²) in [4.78, 5) is 0. The summed E-state index contributed by atoms with van der Waals surface area (Å²) in [5.41, 5.74) is 9.31. The van der Waals surface area contributed by atoms with E-state index >= 15 is 0 Å². The average Bonchev–Trinajstić information content (AvgIpc) is 2.59. The van der Waals surface area contributed by atoms with Gasteiger partial charge in [0, 0.05) is 0 Å². The molecule has 0 amide bonds. The lowest BCUT2D eigenvalue weighted by atomic mass is 9.93. The Morgan fingerprint density at radius 1 is 1.17 bits per heavy atom. The maximum Gasteiger partial charge on any atom is 0.137 e. The lowest BCUT2D eigenvalue weighted by Gasteiger charge is -2.16. The molecule has 0 aromatic heterocycles. The first-order valence-electron chi connectivity index (χ1n) is 6.96. The Kier molecular flexibility index (Phi) is 4.90. The molecule has 0 spiro atoms. The van der Waals surface area contributed by atoms with Gasteiger partial charge in [0.15, 0.2) is 0 Å². The number of phenols is 1. The van der Waals surface area contributed by atoms with E-state index in [0.29, 0.717) is 17.3 Å². The first kappa shape index (κ1) is 13.7. The molecule has 1 aromatic rings. The van der Waals surface area contributed by atoms with Crippen molar-refractivity contribution in [1.29, 1.82) is 0 Å². The number of nitrogens with two attached hydrogens (primary N) is 1. The van der Waals surface area contributed by atoms with E-state index in [2.05, 4.69) is 0 Å². The normalized spacial score (nSPS) is 15.2. The van der Waals surface area contributed by atoms with Crippen molar-refractivity contribution in [2.45, 2.75) is 51.4 Å². The Balaban J connectivity index is 2.32. The minimum Gasteiger partial charge on any atom is -0.506 e. The van der Waals surface area contributed by atoms with Gasteiger partial charge in [0.1, 0.15) is 5.75 Å². The third-order valence-corrected chi connectivity index (χ3v) is 4.11. The quantitative estimate of drug-likeness (QED) is 0.647. The molecular formula is C15H22ClNO. The van der Waals surface area contributed by atoms with Crippen LogP contribution in [0.4, 0.5) is 0 Å². The summed E-state index contributed by atoms with van der Waals surface area (Å²) in [6.45, 7) is 0.712. The Bertz CT molecular complexity index is 417. The maximum atomic E-state index is 10.2. The summed E-state index contributed by atoms with van der Waals surface area (Å²) in [6, 6.07) is 1.96. The van der Waals surface area contributed by atoms with Gasteiger partial charge in [-0.3, -0.25) is 0 Å². The highest BCUT2D eigenvalue weighted by atomic mass is 35.5. The van der Waals surface area contributed by atoms with Crippen molar-refractivity contribution in [1.82, 2.24) is 0 Å². The summed E-state index contributed by atoms with van der Waals surface area (Å²) < 4.78 is 0. The largest absolute Gasteiger partial charge is 0.506 e. The van der Waals surface area contributed by atoms with Crippen LogP contribution >= 0.6 is 11.6 Å². The summed E-state index contributed by atoms with van der Waals surface area (Å²) in [6.07, 6.45) is 8.82. The van der Waals surface area contributed by atoms with Gasteiger partial charge >= 0.3 is 0 Å². The molecule has 18 heavy (non-hydrogen) atoms. The lowest BCUT2D eigenvalue weighted by molar-refractivity contribution is 0.465. The van der Waals surface area contributed by atoms with E-state index < -0.39 is 0 Å². The third-order valence-electron chi connectivity index (χ3n) is 3.82. The van der Waals surface area contributed by atoms with Crippen LogP contribution in [-0.4, -0.2) is 11.7 Å². The molecular weight excluding hydrogens is 246 g/mol. The molecule has 1 aliphatic carbocycles. The molecule has 100 valence electrons. The second kappa shape index (κ2) is 6.44. The second-order valence-electron chi connectivity index (χ2n) is 5.13. The fourth-order valence-electron chi connectivity index (χ4n) is 2.83. The van der Waals surface area contributed by atoms with Crippen molar-refractivity contribution in [3.63, 3.8) is 0 Å². The number of phenolic OH excluding ortho intramolecular Hbond substituents is 1. The number of halogens is 1.